The number of unbranched alkanes of at least 4 members (excludes halogenated alkanes) is 33. The molecule has 0 fully saturated rings. The molecule has 0 saturated heterocycles. The van der Waals surface area contributed by atoms with Crippen LogP contribution in [0.4, 0.5) is 0 Å². The Morgan fingerprint density at radius 1 is 0.346 bits per heavy atom. The lowest BCUT2D eigenvalue weighted by Crippen LogP contribution is -2.30. The van der Waals surface area contributed by atoms with Crippen molar-refractivity contribution in [3.63, 3.8) is 0 Å². The first-order valence-electron chi connectivity index (χ1n) is 32.7. The summed E-state index contributed by atoms with van der Waals surface area (Å²) in [4.78, 5) is 71.8. The number of hydrogen-bond acceptors (Lipinski definition) is 15. The molecule has 0 aromatic heterocycles. The number of esters is 4. The predicted molar refractivity (Wildman–Crippen MR) is 322 cm³/mol. The van der Waals surface area contributed by atoms with Crippen LogP contribution in [-0.4, -0.2) is 96.7 Å². The van der Waals surface area contributed by atoms with E-state index in [1.165, 1.54) is 109 Å². The maximum atomic E-state index is 12.9. The average Bonchev–Trinajstić information content (AvgIpc) is 3.44. The Morgan fingerprint density at radius 2 is 0.593 bits per heavy atom. The second-order valence-electron chi connectivity index (χ2n) is 22.7. The van der Waals surface area contributed by atoms with Gasteiger partial charge in [-0.15, -0.1) is 0 Å². The maximum Gasteiger partial charge on any atom is 0.472 e. The monoisotopic (exact) mass is 1200 g/mol. The van der Waals surface area contributed by atoms with Gasteiger partial charge < -0.3 is 33.8 Å². The van der Waals surface area contributed by atoms with Gasteiger partial charge in [0.15, 0.2) is 12.2 Å². The third-order valence-corrected chi connectivity index (χ3v) is 16.5. The van der Waals surface area contributed by atoms with Crippen molar-refractivity contribution >= 4 is 39.5 Å². The summed E-state index contributed by atoms with van der Waals surface area (Å²) in [5, 5.41) is 10.5. The number of hydrogen-bond donors (Lipinski definition) is 3. The first kappa shape index (κ1) is 79.1. The molecule has 0 rings (SSSR count). The summed E-state index contributed by atoms with van der Waals surface area (Å²) in [5.41, 5.74) is 0. The van der Waals surface area contributed by atoms with Crippen molar-refractivity contribution in [1.29, 1.82) is 0 Å². The van der Waals surface area contributed by atoms with E-state index < -0.39 is 97.5 Å². The van der Waals surface area contributed by atoms with Crippen LogP contribution in [0.3, 0.4) is 0 Å². The van der Waals surface area contributed by atoms with Crippen molar-refractivity contribution in [2.45, 2.75) is 329 Å². The minimum Gasteiger partial charge on any atom is -0.462 e. The minimum absolute atomic E-state index is 0.103. The van der Waals surface area contributed by atoms with E-state index in [0.717, 1.165) is 121 Å². The van der Waals surface area contributed by atoms with Gasteiger partial charge in [0, 0.05) is 25.7 Å². The van der Waals surface area contributed by atoms with E-state index in [9.17, 15) is 43.2 Å². The highest BCUT2D eigenvalue weighted by atomic mass is 31.2. The highest BCUT2D eigenvalue weighted by Gasteiger charge is 2.30. The van der Waals surface area contributed by atoms with Crippen molar-refractivity contribution < 1.29 is 80.2 Å². The van der Waals surface area contributed by atoms with Crippen LogP contribution in [0.15, 0.2) is 0 Å². The quantitative estimate of drug-likeness (QED) is 0.0222. The maximum absolute atomic E-state index is 12.9. The molecular formula is C62H120O17P2. The number of carbonyl (C=O) groups is 4. The summed E-state index contributed by atoms with van der Waals surface area (Å²) in [6.45, 7) is 7.13. The van der Waals surface area contributed by atoms with Gasteiger partial charge in [0.25, 0.3) is 0 Å². The lowest BCUT2D eigenvalue weighted by molar-refractivity contribution is -0.161. The van der Waals surface area contributed by atoms with Crippen LogP contribution < -0.4 is 0 Å². The zero-order chi connectivity index (χ0) is 59.9. The van der Waals surface area contributed by atoms with E-state index in [4.69, 9.17) is 37.0 Å². The van der Waals surface area contributed by atoms with Gasteiger partial charge in [-0.1, -0.05) is 259 Å². The summed E-state index contributed by atoms with van der Waals surface area (Å²) >= 11 is 0. The molecule has 0 heterocycles. The molecular weight excluding hydrogens is 1080 g/mol. The Balaban J connectivity index is 5.12. The zero-order valence-electron chi connectivity index (χ0n) is 51.9. The van der Waals surface area contributed by atoms with Crippen molar-refractivity contribution in [3.05, 3.63) is 0 Å². The van der Waals surface area contributed by atoms with E-state index >= 15 is 0 Å². The second-order valence-corrected chi connectivity index (χ2v) is 25.6. The van der Waals surface area contributed by atoms with Gasteiger partial charge in [-0.05, 0) is 31.6 Å². The summed E-state index contributed by atoms with van der Waals surface area (Å²) < 4.78 is 67.7. The molecule has 0 amide bonds. The Labute approximate surface area is 492 Å². The molecule has 3 N–H and O–H groups in total. The van der Waals surface area contributed by atoms with Gasteiger partial charge in [0.05, 0.1) is 26.4 Å². The molecule has 0 bridgehead atoms. The van der Waals surface area contributed by atoms with Gasteiger partial charge in [-0.25, -0.2) is 9.13 Å². The van der Waals surface area contributed by atoms with Gasteiger partial charge in [-0.2, -0.15) is 0 Å². The van der Waals surface area contributed by atoms with Crippen LogP contribution in [0.5, 0.6) is 0 Å². The predicted octanol–water partition coefficient (Wildman–Crippen LogP) is 17.0. The number of phosphoric acid groups is 2. The van der Waals surface area contributed by atoms with E-state index in [2.05, 4.69) is 34.6 Å². The summed E-state index contributed by atoms with van der Waals surface area (Å²) in [5.74, 6) is -1.30. The molecule has 0 aliphatic carbocycles. The van der Waals surface area contributed by atoms with Crippen molar-refractivity contribution in [2.75, 3.05) is 39.6 Å². The lowest BCUT2D eigenvalue weighted by Gasteiger charge is -2.21. The third-order valence-electron chi connectivity index (χ3n) is 14.6. The highest BCUT2D eigenvalue weighted by Crippen LogP contribution is 2.45. The molecule has 3 unspecified atom stereocenters. The fourth-order valence-electron chi connectivity index (χ4n) is 9.20. The molecule has 17 nitrogen and oxygen atoms in total. The molecule has 6 atom stereocenters. The fourth-order valence-corrected chi connectivity index (χ4v) is 10.8. The van der Waals surface area contributed by atoms with Crippen molar-refractivity contribution in [1.82, 2.24) is 0 Å². The van der Waals surface area contributed by atoms with Crippen LogP contribution in [-0.2, 0) is 65.4 Å². The molecule has 81 heavy (non-hydrogen) atoms. The standard InChI is InChI=1S/C62H120O17P2/c1-6-10-13-16-19-26-32-36-41-46-60(65)73-52-58(79-62(67)48-43-38-33-28-25-23-21-20-22-24-27-31-34-39-44-55(5)9-4)54-77-81(70,71)75-50-56(63)49-74-80(68,69)76-53-57(78-61(66)47-42-37-30-18-15-12-8-3)51-72-59(64)45-40-35-29-17-14-11-7-2/h55-58,63H,6-54H2,1-5H3,(H,68,69)(H,70,71)/t55?,56-,57+,58+/m0/s1. The molecule has 0 aromatic carbocycles. The van der Waals surface area contributed by atoms with E-state index in [0.29, 0.717) is 25.7 Å². The summed E-state index contributed by atoms with van der Waals surface area (Å²) in [6.07, 6.45) is 39.2. The highest BCUT2D eigenvalue weighted by molar-refractivity contribution is 7.47. The normalized spacial score (nSPS) is 14.6. The molecule has 0 saturated carbocycles. The Bertz CT molecular complexity index is 1590. The number of carbonyl (C=O) groups excluding carboxylic acids is 4. The first-order valence-corrected chi connectivity index (χ1v) is 35.7. The number of phosphoric ester groups is 2. The topological polar surface area (TPSA) is 237 Å². The van der Waals surface area contributed by atoms with Gasteiger partial charge >= 0.3 is 39.5 Å². The second kappa shape index (κ2) is 55.9. The number of rotatable bonds is 62. The van der Waals surface area contributed by atoms with Crippen LogP contribution in [0.2, 0.25) is 0 Å². The smallest absolute Gasteiger partial charge is 0.462 e. The number of ether oxygens (including phenoxy) is 4. The van der Waals surface area contributed by atoms with Crippen LogP contribution in [0, 0.1) is 5.92 Å². The average molecular weight is 1200 g/mol. The Morgan fingerprint density at radius 3 is 0.877 bits per heavy atom. The van der Waals surface area contributed by atoms with E-state index in [-0.39, 0.29) is 25.7 Å². The molecule has 0 spiro atoms. The molecule has 19 heteroatoms. The number of aliphatic hydroxyl groups excluding tert-OH is 1. The van der Waals surface area contributed by atoms with Crippen LogP contribution in [0.25, 0.3) is 0 Å². The fraction of sp³-hybridized carbons (Fsp3) is 0.935. The SMILES string of the molecule is CCCCCCCCCCCC(=O)OC[C@H](COP(=O)(O)OC[C@@H](O)COP(=O)(O)OC[C@@H](COC(=O)CCCCCCCCC)OC(=O)CCCCCCCCC)OC(=O)CCCCCCCCCCCCCCCCC(C)CC. The van der Waals surface area contributed by atoms with Crippen molar-refractivity contribution in [3.8, 4) is 0 Å². The van der Waals surface area contributed by atoms with Crippen molar-refractivity contribution in [2.24, 2.45) is 5.92 Å². The third kappa shape index (κ3) is 55.7. The summed E-state index contributed by atoms with van der Waals surface area (Å²) in [7, 11) is -9.87. The zero-order valence-corrected chi connectivity index (χ0v) is 53.7. The van der Waals surface area contributed by atoms with Gasteiger partial charge in [-0.3, -0.25) is 37.3 Å². The van der Waals surface area contributed by atoms with Crippen LogP contribution >= 0.6 is 15.6 Å². The summed E-state index contributed by atoms with van der Waals surface area (Å²) in [6, 6.07) is 0. The Hall–Kier alpha value is -1.94. The molecule has 0 radical (unpaired) electrons. The first-order chi connectivity index (χ1) is 39.1. The number of aliphatic hydroxyl groups is 1. The van der Waals surface area contributed by atoms with Gasteiger partial charge in [0.2, 0.25) is 0 Å². The van der Waals surface area contributed by atoms with Crippen LogP contribution in [0.1, 0.15) is 311 Å². The van der Waals surface area contributed by atoms with Gasteiger partial charge in [0.1, 0.15) is 19.3 Å². The molecule has 0 aliphatic rings. The van der Waals surface area contributed by atoms with E-state index in [1.807, 2.05) is 0 Å². The Kier molecular flexibility index (Phi) is 54.6. The molecule has 480 valence electrons. The van der Waals surface area contributed by atoms with E-state index in [1.54, 1.807) is 0 Å². The molecule has 0 aromatic rings. The molecule has 0 aliphatic heterocycles. The lowest BCUT2D eigenvalue weighted by atomic mass is 9.99. The minimum atomic E-state index is -4.94. The largest absolute Gasteiger partial charge is 0.472 e.